The zero-order chi connectivity index (χ0) is 11.6. The highest BCUT2D eigenvalue weighted by atomic mass is 16.5. The third kappa shape index (κ3) is 1.85. The summed E-state index contributed by atoms with van der Waals surface area (Å²) in [6.07, 6.45) is 5.12. The summed E-state index contributed by atoms with van der Waals surface area (Å²) in [7, 11) is 1.70. The molecule has 0 aromatic carbocycles. The molecule has 1 fully saturated rings. The summed E-state index contributed by atoms with van der Waals surface area (Å²) >= 11 is 0. The lowest BCUT2D eigenvalue weighted by Gasteiger charge is -2.28. The number of nitrogens with two attached hydrogens (primary N) is 1. The first-order valence-corrected chi connectivity index (χ1v) is 5.81. The van der Waals surface area contributed by atoms with Crippen molar-refractivity contribution in [3.05, 3.63) is 12.2 Å². The third-order valence-corrected chi connectivity index (χ3v) is 3.69. The van der Waals surface area contributed by atoms with Gasteiger partial charge in [-0.1, -0.05) is 13.3 Å². The molecule has 0 saturated heterocycles. The standard InChI is InChI=1S/C11H20N4O/c1-11(5-3-4-9(11)12)10-14-13-8-15(10)6-7-16-2/h8-9H,3-7,12H2,1-2H3. The molecule has 1 heterocycles. The van der Waals surface area contributed by atoms with Crippen molar-refractivity contribution in [2.45, 2.75) is 44.2 Å². The van der Waals surface area contributed by atoms with Gasteiger partial charge in [0.2, 0.25) is 0 Å². The number of rotatable bonds is 4. The van der Waals surface area contributed by atoms with E-state index in [0.29, 0.717) is 6.61 Å². The van der Waals surface area contributed by atoms with Crippen LogP contribution in [-0.4, -0.2) is 34.5 Å². The van der Waals surface area contributed by atoms with Crippen molar-refractivity contribution in [1.29, 1.82) is 0 Å². The van der Waals surface area contributed by atoms with Gasteiger partial charge in [0.25, 0.3) is 0 Å². The van der Waals surface area contributed by atoms with Crippen LogP contribution in [0.4, 0.5) is 0 Å². The van der Waals surface area contributed by atoms with Gasteiger partial charge in [0.1, 0.15) is 12.2 Å². The van der Waals surface area contributed by atoms with Crippen LogP contribution >= 0.6 is 0 Å². The van der Waals surface area contributed by atoms with Gasteiger partial charge in [-0.2, -0.15) is 0 Å². The Labute approximate surface area is 96.0 Å². The molecule has 2 unspecified atom stereocenters. The number of nitrogens with zero attached hydrogens (tertiary/aromatic N) is 3. The number of ether oxygens (including phenoxy) is 1. The summed E-state index contributed by atoms with van der Waals surface area (Å²) in [5.41, 5.74) is 6.17. The third-order valence-electron chi connectivity index (χ3n) is 3.69. The Kier molecular flexibility index (Phi) is 3.25. The second-order valence-corrected chi connectivity index (χ2v) is 4.76. The van der Waals surface area contributed by atoms with E-state index in [-0.39, 0.29) is 11.5 Å². The first kappa shape index (κ1) is 11.5. The van der Waals surface area contributed by atoms with E-state index in [1.807, 2.05) is 0 Å². The first-order chi connectivity index (χ1) is 7.68. The highest BCUT2D eigenvalue weighted by Gasteiger charge is 2.41. The second-order valence-electron chi connectivity index (χ2n) is 4.76. The fraction of sp³-hybridized carbons (Fsp3) is 0.818. The van der Waals surface area contributed by atoms with Crippen molar-refractivity contribution < 1.29 is 4.74 Å². The Morgan fingerprint density at radius 3 is 3.12 bits per heavy atom. The van der Waals surface area contributed by atoms with Crippen LogP contribution < -0.4 is 5.73 Å². The van der Waals surface area contributed by atoms with Gasteiger partial charge in [0.05, 0.1) is 6.61 Å². The minimum Gasteiger partial charge on any atom is -0.383 e. The zero-order valence-corrected chi connectivity index (χ0v) is 10.0. The molecule has 5 heteroatoms. The smallest absolute Gasteiger partial charge is 0.140 e. The normalized spacial score (nSPS) is 29.8. The SMILES string of the molecule is COCCn1cnnc1C1(C)CCCC1N. The Bertz CT molecular complexity index is 352. The van der Waals surface area contributed by atoms with Crippen molar-refractivity contribution in [1.82, 2.24) is 14.8 Å². The minimum absolute atomic E-state index is 0.0236. The molecule has 1 aromatic rings. The molecule has 2 rings (SSSR count). The molecule has 0 amide bonds. The monoisotopic (exact) mass is 224 g/mol. The Balaban J connectivity index is 2.22. The van der Waals surface area contributed by atoms with Crippen molar-refractivity contribution in [3.63, 3.8) is 0 Å². The molecule has 2 atom stereocenters. The van der Waals surface area contributed by atoms with Crippen molar-refractivity contribution in [3.8, 4) is 0 Å². The average molecular weight is 224 g/mol. The van der Waals surface area contributed by atoms with E-state index in [1.54, 1.807) is 13.4 Å². The summed E-state index contributed by atoms with van der Waals surface area (Å²) in [5, 5.41) is 8.25. The molecular weight excluding hydrogens is 204 g/mol. The fourth-order valence-electron chi connectivity index (χ4n) is 2.52. The van der Waals surface area contributed by atoms with Crippen molar-refractivity contribution >= 4 is 0 Å². The minimum atomic E-state index is -0.0236. The largest absolute Gasteiger partial charge is 0.383 e. The maximum Gasteiger partial charge on any atom is 0.140 e. The number of hydrogen-bond donors (Lipinski definition) is 1. The van der Waals surface area contributed by atoms with E-state index in [0.717, 1.165) is 25.2 Å². The predicted octanol–water partition coefficient (Wildman–Crippen LogP) is 0.693. The van der Waals surface area contributed by atoms with Crippen LogP contribution in [0.25, 0.3) is 0 Å². The molecule has 1 aliphatic rings. The Morgan fingerprint density at radius 1 is 1.69 bits per heavy atom. The molecule has 1 saturated carbocycles. The van der Waals surface area contributed by atoms with Gasteiger partial charge in [-0.05, 0) is 12.8 Å². The van der Waals surface area contributed by atoms with Gasteiger partial charge in [-0.25, -0.2) is 0 Å². The van der Waals surface area contributed by atoms with Crippen LogP contribution in [0, 0.1) is 0 Å². The van der Waals surface area contributed by atoms with Crippen LogP contribution in [0.2, 0.25) is 0 Å². The van der Waals surface area contributed by atoms with E-state index in [4.69, 9.17) is 10.5 Å². The molecule has 5 nitrogen and oxygen atoms in total. The van der Waals surface area contributed by atoms with Gasteiger partial charge < -0.3 is 15.0 Å². The lowest BCUT2D eigenvalue weighted by Crippen LogP contribution is -2.40. The molecule has 16 heavy (non-hydrogen) atoms. The van der Waals surface area contributed by atoms with E-state index < -0.39 is 0 Å². The maximum absolute atomic E-state index is 6.19. The molecule has 0 spiro atoms. The van der Waals surface area contributed by atoms with Gasteiger partial charge in [-0.15, -0.1) is 10.2 Å². The van der Waals surface area contributed by atoms with E-state index in [9.17, 15) is 0 Å². The predicted molar refractivity (Wildman–Crippen MR) is 61.1 cm³/mol. The summed E-state index contributed by atoms with van der Waals surface area (Å²) in [4.78, 5) is 0. The van der Waals surface area contributed by atoms with Crippen molar-refractivity contribution in [2.24, 2.45) is 5.73 Å². The van der Waals surface area contributed by atoms with E-state index >= 15 is 0 Å². The maximum atomic E-state index is 6.19. The molecular formula is C11H20N4O. The lowest BCUT2D eigenvalue weighted by atomic mass is 9.84. The van der Waals surface area contributed by atoms with Gasteiger partial charge >= 0.3 is 0 Å². The summed E-state index contributed by atoms with van der Waals surface area (Å²) in [5.74, 6) is 1.01. The zero-order valence-electron chi connectivity index (χ0n) is 10.0. The van der Waals surface area contributed by atoms with Crippen LogP contribution in [0.15, 0.2) is 6.33 Å². The summed E-state index contributed by atoms with van der Waals surface area (Å²) < 4.78 is 7.15. The quantitative estimate of drug-likeness (QED) is 0.817. The highest BCUT2D eigenvalue weighted by molar-refractivity contribution is 5.14. The van der Waals surface area contributed by atoms with Gasteiger partial charge in [0, 0.05) is 25.1 Å². The number of aromatic nitrogens is 3. The number of methoxy groups -OCH3 is 1. The molecule has 90 valence electrons. The molecule has 1 aliphatic carbocycles. The van der Waals surface area contributed by atoms with Crippen LogP contribution in [0.1, 0.15) is 32.0 Å². The number of hydrogen-bond acceptors (Lipinski definition) is 4. The van der Waals surface area contributed by atoms with Crippen LogP contribution in [0.3, 0.4) is 0 Å². The van der Waals surface area contributed by atoms with E-state index in [2.05, 4.69) is 21.7 Å². The molecule has 0 radical (unpaired) electrons. The molecule has 2 N–H and O–H groups in total. The average Bonchev–Trinajstić information content (AvgIpc) is 2.85. The summed E-state index contributed by atoms with van der Waals surface area (Å²) in [6.45, 7) is 3.66. The van der Waals surface area contributed by atoms with Gasteiger partial charge in [-0.3, -0.25) is 0 Å². The Morgan fingerprint density at radius 2 is 2.50 bits per heavy atom. The van der Waals surface area contributed by atoms with Crippen LogP contribution in [0.5, 0.6) is 0 Å². The first-order valence-electron chi connectivity index (χ1n) is 5.81. The van der Waals surface area contributed by atoms with Crippen LogP contribution in [-0.2, 0) is 16.7 Å². The van der Waals surface area contributed by atoms with Gasteiger partial charge in [0.15, 0.2) is 0 Å². The van der Waals surface area contributed by atoms with Crippen molar-refractivity contribution in [2.75, 3.05) is 13.7 Å². The Hall–Kier alpha value is -0.940. The fourth-order valence-corrected chi connectivity index (χ4v) is 2.52. The molecule has 0 aliphatic heterocycles. The lowest BCUT2D eigenvalue weighted by molar-refractivity contribution is 0.184. The topological polar surface area (TPSA) is 66.0 Å². The highest BCUT2D eigenvalue weighted by Crippen LogP contribution is 2.38. The summed E-state index contributed by atoms with van der Waals surface area (Å²) in [6, 6.07) is 0.193. The molecule has 0 bridgehead atoms. The second kappa shape index (κ2) is 4.51. The van der Waals surface area contributed by atoms with E-state index in [1.165, 1.54) is 6.42 Å². The molecule has 1 aromatic heterocycles.